The number of hydrogen-bond donors (Lipinski definition) is 0. The molecule has 0 aliphatic rings. The average Bonchev–Trinajstić information content (AvgIpc) is 1.56. The molecule has 88 heavy (non-hydrogen) atoms. The van der Waals surface area contributed by atoms with E-state index in [1.807, 2.05) is 0 Å². The molecule has 418 valence electrons. The van der Waals surface area contributed by atoms with E-state index in [4.69, 9.17) is 8.83 Å². The molecule has 6 aromatic heterocycles. The van der Waals surface area contributed by atoms with Gasteiger partial charge in [-0.15, -0.1) is 0 Å². The van der Waals surface area contributed by atoms with Gasteiger partial charge in [0.2, 0.25) is 0 Å². The lowest BCUT2D eigenvalue weighted by atomic mass is 9.86. The molecule has 0 bridgehead atoms. The van der Waals surface area contributed by atoms with Gasteiger partial charge >= 0.3 is 0 Å². The molecule has 6 nitrogen and oxygen atoms in total. The predicted molar refractivity (Wildman–Crippen MR) is 372 cm³/mol. The summed E-state index contributed by atoms with van der Waals surface area (Å²) in [6.45, 7) is 13.6. The summed E-state index contributed by atoms with van der Waals surface area (Å²) in [5, 5.41) is 18.8. The summed E-state index contributed by atoms with van der Waals surface area (Å²) in [4.78, 5) is 4.97. The summed E-state index contributed by atoms with van der Waals surface area (Å²) < 4.78 is 19.6. The monoisotopic (exact) mass is 1130 g/mol. The fourth-order valence-electron chi connectivity index (χ4n) is 15.6. The molecule has 0 unspecified atom stereocenters. The van der Waals surface area contributed by atoms with Crippen LogP contribution in [-0.4, -0.2) is 8.80 Å². The number of hydrogen-bond acceptors (Lipinski definition) is 4. The third-order valence-corrected chi connectivity index (χ3v) is 19.4. The molecule has 13 aromatic carbocycles. The van der Waals surface area contributed by atoms with Crippen LogP contribution >= 0.6 is 0 Å². The largest absolute Gasteiger partial charge is 0.454 e. The van der Waals surface area contributed by atoms with Gasteiger partial charge in [-0.05, 0) is 82.3 Å². The number of para-hydroxylation sites is 6. The Morgan fingerprint density at radius 1 is 0.261 bits per heavy atom. The lowest BCUT2D eigenvalue weighted by Crippen LogP contribution is -2.11. The van der Waals surface area contributed by atoms with Crippen LogP contribution in [0, 0.1) is 0 Å². The van der Waals surface area contributed by atoms with Gasteiger partial charge < -0.3 is 27.4 Å². The summed E-state index contributed by atoms with van der Waals surface area (Å²) in [5.74, 6) is 0. The van der Waals surface area contributed by atoms with Gasteiger partial charge in [-0.1, -0.05) is 224 Å². The fraction of sp³-hybridized carbons (Fsp3) is 0.0976. The first kappa shape index (κ1) is 49.4. The molecule has 0 spiro atoms. The van der Waals surface area contributed by atoms with Gasteiger partial charge in [0.05, 0.1) is 67.2 Å². The molecule has 6 heterocycles. The Morgan fingerprint density at radius 3 is 1.03 bits per heavy atom. The van der Waals surface area contributed by atoms with Crippen molar-refractivity contribution < 1.29 is 8.83 Å². The third-order valence-electron chi connectivity index (χ3n) is 19.4. The van der Waals surface area contributed by atoms with E-state index in [1.165, 1.54) is 98.1 Å². The molecular formula is C82H58N4O2. The Kier molecular flexibility index (Phi) is 9.79. The molecule has 0 aliphatic heterocycles. The highest BCUT2D eigenvalue weighted by Gasteiger charge is 2.32. The highest BCUT2D eigenvalue weighted by Crippen LogP contribution is 2.55. The van der Waals surface area contributed by atoms with Crippen molar-refractivity contribution in [3.05, 3.63) is 254 Å². The summed E-state index contributed by atoms with van der Waals surface area (Å²) in [5.41, 5.74) is 19.2. The Balaban J connectivity index is 0.889. The van der Waals surface area contributed by atoms with Crippen molar-refractivity contribution in [2.75, 3.05) is 9.80 Å². The first-order chi connectivity index (χ1) is 43.0. The summed E-state index contributed by atoms with van der Waals surface area (Å²) in [6.07, 6.45) is 0. The Morgan fingerprint density at radius 2 is 0.602 bits per heavy atom. The number of furan rings is 2. The van der Waals surface area contributed by atoms with Gasteiger partial charge in [-0.3, -0.25) is 0 Å². The van der Waals surface area contributed by atoms with E-state index in [2.05, 4.69) is 303 Å². The maximum atomic E-state index is 7.26. The molecule has 0 fully saturated rings. The molecule has 0 radical (unpaired) electrons. The third kappa shape index (κ3) is 6.56. The van der Waals surface area contributed by atoms with Crippen LogP contribution in [0.2, 0.25) is 0 Å². The number of aromatic nitrogens is 2. The van der Waals surface area contributed by atoms with E-state index in [-0.39, 0.29) is 10.8 Å². The van der Waals surface area contributed by atoms with Crippen LogP contribution in [0.1, 0.15) is 52.7 Å². The second-order valence-corrected chi connectivity index (χ2v) is 26.3. The molecule has 0 saturated carbocycles. The van der Waals surface area contributed by atoms with Gasteiger partial charge in [-0.2, -0.15) is 0 Å². The second-order valence-electron chi connectivity index (χ2n) is 26.3. The summed E-state index contributed by atoms with van der Waals surface area (Å²) >= 11 is 0. The van der Waals surface area contributed by atoms with Gasteiger partial charge in [0, 0.05) is 86.5 Å². The number of benzene rings is 13. The zero-order valence-electron chi connectivity index (χ0n) is 49.7. The molecule has 0 aliphatic carbocycles. The highest BCUT2D eigenvalue weighted by atomic mass is 16.3. The predicted octanol–water partition coefficient (Wildman–Crippen LogP) is 23.6. The topological polar surface area (TPSA) is 41.6 Å². The van der Waals surface area contributed by atoms with Crippen LogP contribution in [0.5, 0.6) is 0 Å². The number of nitrogens with zero attached hydrogens (tertiary/aromatic N) is 4. The van der Waals surface area contributed by atoms with E-state index in [0.717, 1.165) is 88.8 Å². The summed E-state index contributed by atoms with van der Waals surface area (Å²) in [6, 6.07) is 90.0. The SMILES string of the molecule is CC(C)(C)c1cccc2c1oc1c(N(c3cccc4ccccc34)c3ccc4c5cc6c(cc5n5c7ccccc7c3c45)c3ccc(N(c4cccc5ccccc45)c4cccc5c4oc4c(C(C)(C)C)cccc45)c4c5ccccc5n6c34)cccc12. The van der Waals surface area contributed by atoms with Crippen molar-refractivity contribution in [2.45, 2.75) is 52.4 Å². The van der Waals surface area contributed by atoms with E-state index < -0.39 is 0 Å². The Hall–Kier alpha value is -10.8. The molecule has 19 rings (SSSR count). The number of fused-ring (bicyclic) bond motifs is 20. The quantitative estimate of drug-likeness (QED) is 0.166. The molecule has 19 aromatic rings. The smallest absolute Gasteiger partial charge is 0.159 e. The first-order valence-corrected chi connectivity index (χ1v) is 30.7. The van der Waals surface area contributed by atoms with Crippen molar-refractivity contribution in [1.29, 1.82) is 0 Å². The molecule has 0 saturated heterocycles. The maximum Gasteiger partial charge on any atom is 0.159 e. The van der Waals surface area contributed by atoms with Crippen LogP contribution in [-0.2, 0) is 10.8 Å². The van der Waals surface area contributed by atoms with Crippen LogP contribution in [0.15, 0.2) is 251 Å². The van der Waals surface area contributed by atoms with Crippen molar-refractivity contribution in [3.63, 3.8) is 0 Å². The molecular weight excluding hydrogens is 1070 g/mol. The minimum absolute atomic E-state index is 0.119. The fourth-order valence-corrected chi connectivity index (χ4v) is 15.6. The normalized spacial score (nSPS) is 12.9. The van der Waals surface area contributed by atoms with Crippen molar-refractivity contribution in [3.8, 4) is 0 Å². The molecule has 0 N–H and O–H groups in total. The van der Waals surface area contributed by atoms with E-state index >= 15 is 0 Å². The Labute approximate surface area is 506 Å². The van der Waals surface area contributed by atoms with Crippen molar-refractivity contribution in [2.24, 2.45) is 0 Å². The van der Waals surface area contributed by atoms with Gasteiger partial charge in [0.15, 0.2) is 11.2 Å². The zero-order valence-corrected chi connectivity index (χ0v) is 49.7. The average molecular weight is 1130 g/mol. The van der Waals surface area contributed by atoms with E-state index in [1.54, 1.807) is 0 Å². The zero-order chi connectivity index (χ0) is 58.6. The second kappa shape index (κ2) is 17.4. The highest BCUT2D eigenvalue weighted by molar-refractivity contribution is 6.33. The van der Waals surface area contributed by atoms with Crippen molar-refractivity contribution >= 4 is 176 Å². The standard InChI is InChI=1S/C82H58N4O2/c1-81(2,3)61-33-17-29-53-55-31-19-39-69(79(55)87-77(53)61)83(63-37-15-23-47-21-7-9-25-49(47)63)67-43-41-51-59-45-72-60(46-71(59)85-65-35-13-11-27-57(65)73(67)75(51)85)52-42-44-68(74-58-28-12-14-36-66(58)86(72)76(52)74)84(64-38-16-24-48-22-8-10-26-50(48)64)70-40-20-32-56-54-30-18-34-62(82(4,5)6)78(54)88-80(56)70/h7-46H,1-6H3. The Bertz CT molecular complexity index is 5780. The molecule has 0 atom stereocenters. The van der Waals surface area contributed by atoms with Crippen LogP contribution < -0.4 is 9.80 Å². The molecule has 6 heteroatoms. The van der Waals surface area contributed by atoms with Gasteiger partial charge in [0.25, 0.3) is 0 Å². The van der Waals surface area contributed by atoms with E-state index in [0.29, 0.717) is 0 Å². The van der Waals surface area contributed by atoms with Crippen LogP contribution in [0.25, 0.3) is 142 Å². The van der Waals surface area contributed by atoms with Gasteiger partial charge in [-0.25, -0.2) is 0 Å². The summed E-state index contributed by atoms with van der Waals surface area (Å²) in [7, 11) is 0. The van der Waals surface area contributed by atoms with E-state index in [9.17, 15) is 0 Å². The lowest BCUT2D eigenvalue weighted by Gasteiger charge is -2.28. The minimum Gasteiger partial charge on any atom is -0.454 e. The minimum atomic E-state index is -0.119. The number of rotatable bonds is 6. The first-order valence-electron chi connectivity index (χ1n) is 30.7. The van der Waals surface area contributed by atoms with Gasteiger partial charge in [0.1, 0.15) is 11.2 Å². The van der Waals surface area contributed by atoms with Crippen LogP contribution in [0.4, 0.5) is 34.1 Å². The van der Waals surface area contributed by atoms with Crippen molar-refractivity contribution in [1.82, 2.24) is 8.80 Å². The lowest BCUT2D eigenvalue weighted by molar-refractivity contribution is 0.572. The molecule has 0 amide bonds. The maximum absolute atomic E-state index is 7.26. The number of anilines is 6. The van der Waals surface area contributed by atoms with Crippen LogP contribution in [0.3, 0.4) is 0 Å².